The van der Waals surface area contributed by atoms with E-state index in [1.807, 2.05) is 12.1 Å². The van der Waals surface area contributed by atoms with Crippen LogP contribution in [-0.4, -0.2) is 33.5 Å². The van der Waals surface area contributed by atoms with Gasteiger partial charge in [0.15, 0.2) is 0 Å². The highest BCUT2D eigenvalue weighted by atomic mass is 16.5. The molecule has 5 nitrogen and oxygen atoms in total. The van der Waals surface area contributed by atoms with Gasteiger partial charge in [0.05, 0.1) is 6.61 Å². The van der Waals surface area contributed by atoms with Crippen molar-refractivity contribution in [2.75, 3.05) is 27.4 Å². The Hall–Kier alpha value is -1.85. The summed E-state index contributed by atoms with van der Waals surface area (Å²) in [4.78, 5) is 11.1. The highest BCUT2D eigenvalue weighted by Gasteiger charge is 2.08. The Morgan fingerprint density at radius 2 is 1.95 bits per heavy atom. The smallest absolute Gasteiger partial charge is 0.336 e. The van der Waals surface area contributed by atoms with E-state index in [0.717, 1.165) is 5.39 Å². The van der Waals surface area contributed by atoms with Crippen molar-refractivity contribution in [3.8, 4) is 5.75 Å². The van der Waals surface area contributed by atoms with Gasteiger partial charge in [0.2, 0.25) is 0 Å². The van der Waals surface area contributed by atoms with Gasteiger partial charge < -0.3 is 18.6 Å². The van der Waals surface area contributed by atoms with Gasteiger partial charge >= 0.3 is 5.63 Å². The quantitative estimate of drug-likeness (QED) is 0.745. The van der Waals surface area contributed by atoms with Crippen molar-refractivity contribution in [3.05, 3.63) is 40.8 Å². The summed E-state index contributed by atoms with van der Waals surface area (Å²) in [5.41, 5.74) is 0.129. The van der Waals surface area contributed by atoms with Crippen molar-refractivity contribution in [3.63, 3.8) is 0 Å². The first-order valence-corrected chi connectivity index (χ1v) is 5.91. The van der Waals surface area contributed by atoms with E-state index >= 15 is 0 Å². The summed E-state index contributed by atoms with van der Waals surface area (Å²) in [6, 6.07) is 8.46. The third kappa shape index (κ3) is 3.56. The molecular formula is C14H16O5. The monoisotopic (exact) mass is 264 g/mol. The Bertz CT molecular complexity index is 590. The molecule has 1 heterocycles. The lowest BCUT2D eigenvalue weighted by Gasteiger charge is -2.15. The average Bonchev–Trinajstić information content (AvgIpc) is 2.43. The minimum Gasteiger partial charge on any atom is -0.491 e. The molecule has 0 unspecified atom stereocenters. The minimum atomic E-state index is -0.376. The lowest BCUT2D eigenvalue weighted by atomic mass is 10.2. The molecule has 0 spiro atoms. The maximum atomic E-state index is 11.1. The van der Waals surface area contributed by atoms with Gasteiger partial charge in [0.25, 0.3) is 0 Å². The van der Waals surface area contributed by atoms with Crippen molar-refractivity contribution in [2.24, 2.45) is 0 Å². The molecule has 0 aliphatic carbocycles. The molecule has 0 saturated heterocycles. The van der Waals surface area contributed by atoms with Gasteiger partial charge in [0, 0.05) is 31.7 Å². The third-order valence-electron chi connectivity index (χ3n) is 2.72. The molecule has 102 valence electrons. The molecule has 5 heteroatoms. The molecule has 1 aromatic heterocycles. The van der Waals surface area contributed by atoms with Gasteiger partial charge in [-0.3, -0.25) is 0 Å². The molecule has 2 rings (SSSR count). The van der Waals surface area contributed by atoms with E-state index in [4.69, 9.17) is 18.6 Å². The van der Waals surface area contributed by atoms with Gasteiger partial charge in [0.1, 0.15) is 24.0 Å². The molecule has 0 aliphatic heterocycles. The normalized spacial score (nSPS) is 12.5. The Morgan fingerprint density at radius 1 is 1.16 bits per heavy atom. The van der Waals surface area contributed by atoms with Gasteiger partial charge in [-0.2, -0.15) is 0 Å². The Labute approximate surface area is 110 Å². The Balaban J connectivity index is 2.10. The van der Waals surface area contributed by atoms with Gasteiger partial charge in [-0.05, 0) is 18.2 Å². The molecule has 0 bridgehead atoms. The first-order chi connectivity index (χ1) is 9.22. The summed E-state index contributed by atoms with van der Waals surface area (Å²) in [7, 11) is 3.21. The third-order valence-corrected chi connectivity index (χ3v) is 2.72. The lowest BCUT2D eigenvalue weighted by Crippen LogP contribution is -2.25. The van der Waals surface area contributed by atoms with E-state index in [-0.39, 0.29) is 11.7 Å². The Morgan fingerprint density at radius 3 is 2.68 bits per heavy atom. The van der Waals surface area contributed by atoms with E-state index in [1.54, 1.807) is 26.4 Å². The summed E-state index contributed by atoms with van der Waals surface area (Å²) >= 11 is 0. The van der Waals surface area contributed by atoms with Crippen LogP contribution < -0.4 is 10.4 Å². The Kier molecular flexibility index (Phi) is 4.54. The summed E-state index contributed by atoms with van der Waals surface area (Å²) in [6.07, 6.45) is -0.136. The summed E-state index contributed by atoms with van der Waals surface area (Å²) in [6.45, 7) is 0.825. The van der Waals surface area contributed by atoms with E-state index in [0.29, 0.717) is 24.5 Å². The molecule has 19 heavy (non-hydrogen) atoms. The molecule has 1 atom stereocenters. The highest BCUT2D eigenvalue weighted by molar-refractivity contribution is 5.77. The fourth-order valence-corrected chi connectivity index (χ4v) is 1.69. The fourth-order valence-electron chi connectivity index (χ4n) is 1.69. The van der Waals surface area contributed by atoms with Crippen molar-refractivity contribution < 1.29 is 18.6 Å². The number of ether oxygens (including phenoxy) is 3. The minimum absolute atomic E-state index is 0.136. The summed E-state index contributed by atoms with van der Waals surface area (Å²) < 4.78 is 20.9. The summed E-state index contributed by atoms with van der Waals surface area (Å²) in [5, 5.41) is 0.854. The van der Waals surface area contributed by atoms with Crippen LogP contribution in [0.3, 0.4) is 0 Å². The molecule has 0 aliphatic rings. The zero-order chi connectivity index (χ0) is 13.7. The molecule has 2 aromatic rings. The van der Waals surface area contributed by atoms with Crippen LogP contribution in [0, 0.1) is 0 Å². The molecule has 0 radical (unpaired) electrons. The number of fused-ring (bicyclic) bond motifs is 1. The maximum absolute atomic E-state index is 11.1. The van der Waals surface area contributed by atoms with Crippen LogP contribution in [0.2, 0.25) is 0 Å². The summed E-state index contributed by atoms with van der Waals surface area (Å²) in [5.74, 6) is 0.625. The predicted octanol–water partition coefficient (Wildman–Crippen LogP) is 1.83. The van der Waals surface area contributed by atoms with Crippen LogP contribution in [0.1, 0.15) is 0 Å². The van der Waals surface area contributed by atoms with Crippen molar-refractivity contribution in [1.82, 2.24) is 0 Å². The molecule has 1 aromatic carbocycles. The zero-order valence-electron chi connectivity index (χ0n) is 10.9. The molecule has 0 saturated carbocycles. The molecule has 0 fully saturated rings. The van der Waals surface area contributed by atoms with Gasteiger partial charge in [-0.15, -0.1) is 0 Å². The SMILES string of the molecule is COC[C@@H](COc1ccc2ccc(=O)oc2c1)OC. The molecule has 0 N–H and O–H groups in total. The number of hydrogen-bond acceptors (Lipinski definition) is 5. The first-order valence-electron chi connectivity index (χ1n) is 5.91. The van der Waals surface area contributed by atoms with E-state index in [9.17, 15) is 4.79 Å². The van der Waals surface area contributed by atoms with E-state index in [2.05, 4.69) is 0 Å². The predicted molar refractivity (Wildman–Crippen MR) is 70.7 cm³/mol. The molecular weight excluding hydrogens is 248 g/mol. The van der Waals surface area contributed by atoms with Crippen LogP contribution in [0.4, 0.5) is 0 Å². The van der Waals surface area contributed by atoms with Crippen molar-refractivity contribution in [1.29, 1.82) is 0 Å². The van der Waals surface area contributed by atoms with Crippen LogP contribution in [-0.2, 0) is 9.47 Å². The second-order valence-corrected chi connectivity index (χ2v) is 4.08. The fraction of sp³-hybridized carbons (Fsp3) is 0.357. The van der Waals surface area contributed by atoms with E-state index in [1.165, 1.54) is 6.07 Å². The largest absolute Gasteiger partial charge is 0.491 e. The average molecular weight is 264 g/mol. The second kappa shape index (κ2) is 6.36. The van der Waals surface area contributed by atoms with Crippen LogP contribution in [0.15, 0.2) is 39.5 Å². The number of rotatable bonds is 6. The number of benzene rings is 1. The van der Waals surface area contributed by atoms with Crippen LogP contribution in [0.5, 0.6) is 5.75 Å². The second-order valence-electron chi connectivity index (χ2n) is 4.08. The van der Waals surface area contributed by atoms with Gasteiger partial charge in [-0.1, -0.05) is 0 Å². The number of hydrogen-bond donors (Lipinski definition) is 0. The van der Waals surface area contributed by atoms with Gasteiger partial charge in [-0.25, -0.2) is 4.79 Å². The van der Waals surface area contributed by atoms with E-state index < -0.39 is 0 Å². The number of methoxy groups -OCH3 is 2. The topological polar surface area (TPSA) is 57.9 Å². The zero-order valence-corrected chi connectivity index (χ0v) is 10.9. The lowest BCUT2D eigenvalue weighted by molar-refractivity contribution is 0.000889. The first kappa shape index (κ1) is 13.6. The van der Waals surface area contributed by atoms with Crippen molar-refractivity contribution >= 4 is 11.0 Å². The standard InChI is InChI=1S/C14H16O5/c1-16-8-12(17-2)9-18-11-5-3-10-4-6-14(15)19-13(10)7-11/h3-7,12H,8-9H2,1-2H3/t12-/m0/s1. The molecule has 0 amide bonds. The maximum Gasteiger partial charge on any atom is 0.336 e. The van der Waals surface area contributed by atoms with Crippen LogP contribution >= 0.6 is 0 Å². The van der Waals surface area contributed by atoms with Crippen LogP contribution in [0.25, 0.3) is 11.0 Å². The highest BCUT2D eigenvalue weighted by Crippen LogP contribution is 2.19. The van der Waals surface area contributed by atoms with Crippen molar-refractivity contribution in [2.45, 2.75) is 6.10 Å².